The molecule has 6 heteroatoms. The molecule has 0 aromatic heterocycles. The maximum Gasteiger partial charge on any atom is 0.326 e. The van der Waals surface area contributed by atoms with Gasteiger partial charge in [0.2, 0.25) is 0 Å². The Labute approximate surface area is 94.5 Å². The molecule has 2 fully saturated rings. The van der Waals surface area contributed by atoms with E-state index in [-0.39, 0.29) is 11.9 Å². The zero-order valence-corrected chi connectivity index (χ0v) is 9.65. The molecule has 0 radical (unpaired) electrons. The summed E-state index contributed by atoms with van der Waals surface area (Å²) < 4.78 is 5.21. The normalized spacial score (nSPS) is 26.0. The number of carbonyl (C=O) groups excluding carboxylic acids is 2. The summed E-state index contributed by atoms with van der Waals surface area (Å²) in [5, 5.41) is 2.66. The van der Waals surface area contributed by atoms with Crippen molar-refractivity contribution in [3.63, 3.8) is 0 Å². The highest BCUT2D eigenvalue weighted by molar-refractivity contribution is 6.06. The van der Waals surface area contributed by atoms with Gasteiger partial charge in [-0.2, -0.15) is 0 Å². The molecule has 90 valence electrons. The first kappa shape index (κ1) is 11.3. The summed E-state index contributed by atoms with van der Waals surface area (Å²) >= 11 is 0. The van der Waals surface area contributed by atoms with Crippen molar-refractivity contribution in [2.24, 2.45) is 0 Å². The molecule has 1 N–H and O–H groups in total. The van der Waals surface area contributed by atoms with Crippen LogP contribution in [0.5, 0.6) is 0 Å². The van der Waals surface area contributed by atoms with E-state index in [9.17, 15) is 9.59 Å². The molecule has 2 saturated heterocycles. The number of morpholine rings is 1. The summed E-state index contributed by atoms with van der Waals surface area (Å²) in [5.41, 5.74) is -0.774. The summed E-state index contributed by atoms with van der Waals surface area (Å²) in [6, 6.07) is -0.304. The maximum absolute atomic E-state index is 11.9. The zero-order chi connectivity index (χ0) is 11.8. The Balaban J connectivity index is 1.99. The van der Waals surface area contributed by atoms with E-state index in [2.05, 4.69) is 5.32 Å². The second-order valence-electron chi connectivity index (χ2n) is 4.66. The quantitative estimate of drug-likeness (QED) is 0.652. The number of hydrogen-bond donors (Lipinski definition) is 1. The molecule has 16 heavy (non-hydrogen) atoms. The number of carbonyl (C=O) groups is 2. The second-order valence-corrected chi connectivity index (χ2v) is 4.66. The van der Waals surface area contributed by atoms with Crippen LogP contribution in [0.15, 0.2) is 0 Å². The number of nitrogens with zero attached hydrogens (tertiary/aromatic N) is 2. The molecule has 2 aliphatic heterocycles. The largest absolute Gasteiger partial charge is 0.379 e. The number of amides is 3. The van der Waals surface area contributed by atoms with Gasteiger partial charge in [0.05, 0.1) is 19.9 Å². The van der Waals surface area contributed by atoms with Crippen molar-refractivity contribution in [3.05, 3.63) is 0 Å². The predicted molar refractivity (Wildman–Crippen MR) is 56.7 cm³/mol. The van der Waals surface area contributed by atoms with Crippen LogP contribution in [-0.4, -0.2) is 60.2 Å². The molecule has 0 aliphatic carbocycles. The molecular weight excluding hydrogens is 210 g/mol. The Bertz CT molecular complexity index is 310. The van der Waals surface area contributed by atoms with Gasteiger partial charge in [0.1, 0.15) is 5.54 Å². The van der Waals surface area contributed by atoms with Gasteiger partial charge in [0.15, 0.2) is 0 Å². The summed E-state index contributed by atoms with van der Waals surface area (Å²) in [6.07, 6.45) is 0. The highest BCUT2D eigenvalue weighted by Gasteiger charge is 2.44. The monoisotopic (exact) mass is 227 g/mol. The molecule has 0 aromatic carbocycles. The summed E-state index contributed by atoms with van der Waals surface area (Å²) in [7, 11) is 0. The number of nitrogens with one attached hydrogen (secondary N) is 1. The van der Waals surface area contributed by atoms with Crippen LogP contribution >= 0.6 is 0 Å². The number of urea groups is 1. The van der Waals surface area contributed by atoms with Crippen molar-refractivity contribution >= 4 is 11.9 Å². The first-order valence-corrected chi connectivity index (χ1v) is 5.45. The van der Waals surface area contributed by atoms with Gasteiger partial charge in [-0.3, -0.25) is 9.69 Å². The lowest BCUT2D eigenvalue weighted by molar-refractivity contribution is -0.132. The number of rotatable bonds is 2. The fourth-order valence-electron chi connectivity index (χ4n) is 1.89. The lowest BCUT2D eigenvalue weighted by atomic mass is 10.1. The van der Waals surface area contributed by atoms with Gasteiger partial charge in [-0.1, -0.05) is 0 Å². The van der Waals surface area contributed by atoms with Crippen LogP contribution in [0.25, 0.3) is 0 Å². The fourth-order valence-corrected chi connectivity index (χ4v) is 1.89. The average molecular weight is 227 g/mol. The first-order valence-electron chi connectivity index (χ1n) is 5.45. The molecule has 3 amide bonds. The van der Waals surface area contributed by atoms with Crippen LogP contribution < -0.4 is 5.32 Å². The van der Waals surface area contributed by atoms with Crippen molar-refractivity contribution in [2.45, 2.75) is 19.4 Å². The topological polar surface area (TPSA) is 61.9 Å². The highest BCUT2D eigenvalue weighted by atomic mass is 16.5. The van der Waals surface area contributed by atoms with E-state index < -0.39 is 5.54 Å². The Hall–Kier alpha value is -1.14. The third-order valence-corrected chi connectivity index (χ3v) is 2.89. The van der Waals surface area contributed by atoms with Gasteiger partial charge in [-0.15, -0.1) is 0 Å². The third-order valence-electron chi connectivity index (χ3n) is 2.89. The third kappa shape index (κ3) is 2.03. The highest BCUT2D eigenvalue weighted by Crippen LogP contribution is 2.17. The van der Waals surface area contributed by atoms with Crippen molar-refractivity contribution in [1.82, 2.24) is 15.1 Å². The lowest BCUT2D eigenvalue weighted by Gasteiger charge is -2.29. The van der Waals surface area contributed by atoms with Gasteiger partial charge >= 0.3 is 6.03 Å². The molecule has 0 saturated carbocycles. The van der Waals surface area contributed by atoms with E-state index in [1.165, 1.54) is 4.90 Å². The van der Waals surface area contributed by atoms with Crippen LogP contribution in [0.4, 0.5) is 4.79 Å². The van der Waals surface area contributed by atoms with E-state index in [0.717, 1.165) is 13.1 Å². The summed E-state index contributed by atoms with van der Waals surface area (Å²) in [5.74, 6) is -0.163. The molecule has 2 heterocycles. The van der Waals surface area contributed by atoms with Crippen molar-refractivity contribution in [3.8, 4) is 0 Å². The van der Waals surface area contributed by atoms with Crippen LogP contribution in [0, 0.1) is 0 Å². The molecule has 2 rings (SSSR count). The minimum absolute atomic E-state index is 0.163. The minimum atomic E-state index is -0.774. The number of imide groups is 1. The smallest absolute Gasteiger partial charge is 0.326 e. The molecular formula is C10H17N3O3. The molecule has 6 nitrogen and oxygen atoms in total. The van der Waals surface area contributed by atoms with Crippen molar-refractivity contribution in [2.75, 3.05) is 33.0 Å². The van der Waals surface area contributed by atoms with E-state index in [0.29, 0.717) is 19.9 Å². The van der Waals surface area contributed by atoms with Crippen LogP contribution in [-0.2, 0) is 9.53 Å². The van der Waals surface area contributed by atoms with Gasteiger partial charge < -0.3 is 10.1 Å². The van der Waals surface area contributed by atoms with Crippen molar-refractivity contribution < 1.29 is 14.3 Å². The Kier molecular flexibility index (Phi) is 2.86. The van der Waals surface area contributed by atoms with E-state index in [1.807, 2.05) is 4.90 Å². The average Bonchev–Trinajstić information content (AvgIpc) is 2.42. The van der Waals surface area contributed by atoms with Crippen LogP contribution in [0.1, 0.15) is 13.8 Å². The van der Waals surface area contributed by atoms with E-state index >= 15 is 0 Å². The molecule has 0 aromatic rings. The van der Waals surface area contributed by atoms with Gasteiger partial charge in [-0.05, 0) is 13.8 Å². The van der Waals surface area contributed by atoms with Gasteiger partial charge in [0.25, 0.3) is 5.91 Å². The molecule has 0 unspecified atom stereocenters. The fraction of sp³-hybridized carbons (Fsp3) is 0.800. The van der Waals surface area contributed by atoms with Gasteiger partial charge in [0, 0.05) is 13.1 Å². The Morgan fingerprint density at radius 1 is 1.31 bits per heavy atom. The molecule has 0 spiro atoms. The second kappa shape index (κ2) is 4.03. The van der Waals surface area contributed by atoms with Gasteiger partial charge in [-0.25, -0.2) is 9.69 Å². The van der Waals surface area contributed by atoms with E-state index in [1.54, 1.807) is 13.8 Å². The number of hydrogen-bond acceptors (Lipinski definition) is 4. The van der Waals surface area contributed by atoms with Crippen LogP contribution in [0.2, 0.25) is 0 Å². The standard InChI is InChI=1S/C10H17N3O3/c1-10(2)8(14)13(9(15)11-10)7-12-3-5-16-6-4-12/h3-7H2,1-2H3,(H,11,15). The number of ether oxygens (including phenoxy) is 1. The SMILES string of the molecule is CC1(C)NC(=O)N(CN2CCOCC2)C1=O. The molecule has 0 bridgehead atoms. The lowest BCUT2D eigenvalue weighted by Crippen LogP contribution is -2.47. The van der Waals surface area contributed by atoms with Crippen LogP contribution in [0.3, 0.4) is 0 Å². The first-order chi connectivity index (χ1) is 7.50. The zero-order valence-electron chi connectivity index (χ0n) is 9.65. The van der Waals surface area contributed by atoms with Crippen molar-refractivity contribution in [1.29, 1.82) is 0 Å². The van der Waals surface area contributed by atoms with E-state index in [4.69, 9.17) is 4.74 Å². The Morgan fingerprint density at radius 2 is 1.94 bits per heavy atom. The summed E-state index contributed by atoms with van der Waals surface area (Å²) in [4.78, 5) is 26.8. The predicted octanol–water partition coefficient (Wildman–Crippen LogP) is -0.393. The molecule has 0 atom stereocenters. The minimum Gasteiger partial charge on any atom is -0.379 e. The molecule has 2 aliphatic rings. The Morgan fingerprint density at radius 3 is 2.44 bits per heavy atom. The maximum atomic E-state index is 11.9. The summed E-state index contributed by atoms with van der Waals surface area (Å²) in [6.45, 7) is 6.63.